The Bertz CT molecular complexity index is 1190. The first-order valence-corrected chi connectivity index (χ1v) is 10.5. The van der Waals surface area contributed by atoms with Crippen molar-refractivity contribution in [3.63, 3.8) is 0 Å². The maximum atomic E-state index is 14.0. The number of amides is 2. The number of ether oxygens (including phenoxy) is 2. The lowest BCUT2D eigenvalue weighted by Crippen LogP contribution is -2.60. The maximum Gasteiger partial charge on any atom is 0.275 e. The van der Waals surface area contributed by atoms with Crippen LogP contribution in [0.2, 0.25) is 0 Å². The number of H-pyrrole nitrogens is 1. The number of hydrogen-bond donors (Lipinski definition) is 4. The first-order chi connectivity index (χ1) is 16.2. The molecule has 182 valence electrons. The Morgan fingerprint density at radius 2 is 2.15 bits per heavy atom. The molecule has 2 aliphatic heterocycles. The van der Waals surface area contributed by atoms with Gasteiger partial charge in [0, 0.05) is 45.3 Å². The van der Waals surface area contributed by atoms with Gasteiger partial charge in [0.1, 0.15) is 29.0 Å². The normalized spacial score (nSPS) is 22.4. The van der Waals surface area contributed by atoms with E-state index in [-0.39, 0.29) is 36.6 Å². The van der Waals surface area contributed by atoms with Crippen molar-refractivity contribution in [2.24, 2.45) is 0 Å². The standard InChI is InChI=1S/C22H24F2N4O6/c1-28-21(32)17-19(30)18(29)15(20(31)25-8-11-3-4-12(23)7-13(11)24)16(27-17)14(33-2)9-26-22(28)5-6-34-10-22/h3-4,7,14,26,30H,5-6,8-10H2,1-2H3,(H,25,31)(H,27,29). The summed E-state index contributed by atoms with van der Waals surface area (Å²) in [5, 5.41) is 16.2. The summed E-state index contributed by atoms with van der Waals surface area (Å²) in [4.78, 5) is 43.3. The molecule has 4 rings (SSSR count). The number of methoxy groups -OCH3 is 1. The van der Waals surface area contributed by atoms with Crippen LogP contribution < -0.4 is 16.1 Å². The zero-order valence-corrected chi connectivity index (χ0v) is 18.5. The van der Waals surface area contributed by atoms with Crippen LogP contribution in [-0.4, -0.2) is 66.4 Å². The fourth-order valence-corrected chi connectivity index (χ4v) is 4.19. The first-order valence-electron chi connectivity index (χ1n) is 10.5. The molecule has 12 heteroatoms. The van der Waals surface area contributed by atoms with Gasteiger partial charge in [0.05, 0.1) is 18.9 Å². The molecule has 3 heterocycles. The molecular weight excluding hydrogens is 454 g/mol. The fourth-order valence-electron chi connectivity index (χ4n) is 4.19. The summed E-state index contributed by atoms with van der Waals surface area (Å²) in [5.41, 5.74) is -2.87. The second-order valence-electron chi connectivity index (χ2n) is 8.19. The molecule has 2 unspecified atom stereocenters. The largest absolute Gasteiger partial charge is 0.503 e. The molecule has 1 fully saturated rings. The van der Waals surface area contributed by atoms with Gasteiger partial charge >= 0.3 is 0 Å². The van der Waals surface area contributed by atoms with E-state index < -0.39 is 52.0 Å². The Hall–Kier alpha value is -3.35. The van der Waals surface area contributed by atoms with Crippen LogP contribution in [0.25, 0.3) is 0 Å². The summed E-state index contributed by atoms with van der Waals surface area (Å²) in [6.07, 6.45) is -0.421. The number of fused-ring (bicyclic) bond motifs is 2. The number of aromatic nitrogens is 1. The summed E-state index contributed by atoms with van der Waals surface area (Å²) in [5.74, 6) is -4.17. The number of pyridine rings is 1. The number of rotatable bonds is 4. The van der Waals surface area contributed by atoms with Gasteiger partial charge in [-0.2, -0.15) is 0 Å². The monoisotopic (exact) mass is 478 g/mol. The van der Waals surface area contributed by atoms with E-state index in [1.807, 2.05) is 0 Å². The molecule has 1 spiro atoms. The summed E-state index contributed by atoms with van der Waals surface area (Å²) in [6.45, 7) is 0.341. The lowest BCUT2D eigenvalue weighted by molar-refractivity contribution is 0.0287. The molecule has 0 radical (unpaired) electrons. The van der Waals surface area contributed by atoms with E-state index in [4.69, 9.17) is 9.47 Å². The number of likely N-dealkylation sites (N-methyl/N-ethyl adjacent to an activating group) is 1. The molecule has 2 aromatic rings. The predicted octanol–water partition coefficient (Wildman–Crippen LogP) is 0.768. The van der Waals surface area contributed by atoms with Crippen molar-refractivity contribution in [3.05, 3.63) is 62.6 Å². The van der Waals surface area contributed by atoms with Crippen molar-refractivity contribution in [2.45, 2.75) is 24.7 Å². The maximum absolute atomic E-state index is 14.0. The topological polar surface area (TPSA) is 133 Å². The zero-order valence-electron chi connectivity index (χ0n) is 18.5. The molecule has 1 aromatic carbocycles. The zero-order chi connectivity index (χ0) is 24.6. The molecular formula is C22H24F2N4O6. The van der Waals surface area contributed by atoms with Gasteiger partial charge in [0.15, 0.2) is 11.4 Å². The number of aromatic hydroxyl groups is 1. The van der Waals surface area contributed by atoms with Crippen molar-refractivity contribution in [1.82, 2.24) is 20.5 Å². The molecule has 0 aliphatic carbocycles. The second-order valence-corrected chi connectivity index (χ2v) is 8.19. The van der Waals surface area contributed by atoms with Crippen LogP contribution in [0.1, 0.15) is 44.6 Å². The van der Waals surface area contributed by atoms with Crippen molar-refractivity contribution < 1.29 is 33.0 Å². The molecule has 2 aliphatic rings. The molecule has 1 aromatic heterocycles. The second kappa shape index (κ2) is 9.12. The summed E-state index contributed by atoms with van der Waals surface area (Å²) >= 11 is 0. The molecule has 0 saturated carbocycles. The average Bonchev–Trinajstić information content (AvgIpc) is 3.30. The Labute approximate surface area is 192 Å². The molecule has 34 heavy (non-hydrogen) atoms. The lowest BCUT2D eigenvalue weighted by atomic mass is 10.0. The van der Waals surface area contributed by atoms with E-state index in [2.05, 4.69) is 15.6 Å². The molecule has 2 atom stereocenters. The van der Waals surface area contributed by atoms with Gasteiger partial charge in [-0.3, -0.25) is 19.7 Å². The molecule has 2 amide bonds. The van der Waals surface area contributed by atoms with Crippen molar-refractivity contribution in [1.29, 1.82) is 0 Å². The molecule has 4 N–H and O–H groups in total. The number of nitrogens with zero attached hydrogens (tertiary/aromatic N) is 1. The van der Waals surface area contributed by atoms with Gasteiger partial charge < -0.3 is 29.8 Å². The highest BCUT2D eigenvalue weighted by Crippen LogP contribution is 2.30. The lowest BCUT2D eigenvalue weighted by Gasteiger charge is -2.38. The van der Waals surface area contributed by atoms with Crippen molar-refractivity contribution in [2.75, 3.05) is 33.9 Å². The third-order valence-electron chi connectivity index (χ3n) is 6.27. The number of nitrogens with one attached hydrogen (secondary N) is 3. The minimum Gasteiger partial charge on any atom is -0.503 e. The number of hydrogen-bond acceptors (Lipinski definition) is 7. The average molecular weight is 478 g/mol. The van der Waals surface area contributed by atoms with Crippen LogP contribution in [0, 0.1) is 11.6 Å². The quantitative estimate of drug-likeness (QED) is 0.510. The number of carbonyl (C=O) groups excluding carboxylic acids is 2. The Morgan fingerprint density at radius 3 is 2.79 bits per heavy atom. The molecule has 10 nitrogen and oxygen atoms in total. The number of halogens is 2. The van der Waals surface area contributed by atoms with Gasteiger partial charge in [0.2, 0.25) is 5.43 Å². The van der Waals surface area contributed by atoms with Crippen LogP contribution in [0.3, 0.4) is 0 Å². The smallest absolute Gasteiger partial charge is 0.275 e. The van der Waals surface area contributed by atoms with E-state index in [0.717, 1.165) is 6.07 Å². The van der Waals surface area contributed by atoms with Crippen LogP contribution in [-0.2, 0) is 16.0 Å². The van der Waals surface area contributed by atoms with E-state index >= 15 is 0 Å². The van der Waals surface area contributed by atoms with E-state index in [0.29, 0.717) is 19.1 Å². The van der Waals surface area contributed by atoms with Crippen LogP contribution in [0.5, 0.6) is 5.75 Å². The third kappa shape index (κ3) is 4.04. The van der Waals surface area contributed by atoms with Crippen molar-refractivity contribution in [3.8, 4) is 5.75 Å². The van der Waals surface area contributed by atoms with Gasteiger partial charge in [0.25, 0.3) is 11.8 Å². The fraction of sp³-hybridized carbons (Fsp3) is 0.409. The highest BCUT2D eigenvalue weighted by atomic mass is 19.1. The first kappa shape index (κ1) is 23.8. The number of aromatic amines is 1. The third-order valence-corrected chi connectivity index (χ3v) is 6.27. The predicted molar refractivity (Wildman–Crippen MR) is 114 cm³/mol. The van der Waals surface area contributed by atoms with Crippen LogP contribution >= 0.6 is 0 Å². The Kier molecular flexibility index (Phi) is 6.39. The summed E-state index contributed by atoms with van der Waals surface area (Å²) < 4.78 is 38.1. The van der Waals surface area contributed by atoms with Crippen LogP contribution in [0.4, 0.5) is 8.78 Å². The van der Waals surface area contributed by atoms with Crippen LogP contribution in [0.15, 0.2) is 23.0 Å². The van der Waals surface area contributed by atoms with Gasteiger partial charge in [-0.25, -0.2) is 8.78 Å². The molecule has 1 saturated heterocycles. The highest BCUT2D eigenvalue weighted by Gasteiger charge is 2.44. The minimum atomic E-state index is -1.08. The Morgan fingerprint density at radius 1 is 1.38 bits per heavy atom. The van der Waals surface area contributed by atoms with E-state index in [1.54, 1.807) is 0 Å². The van der Waals surface area contributed by atoms with Gasteiger partial charge in [-0.05, 0) is 6.07 Å². The van der Waals surface area contributed by atoms with Gasteiger partial charge in [-0.15, -0.1) is 0 Å². The summed E-state index contributed by atoms with van der Waals surface area (Å²) in [6, 6.07) is 2.88. The van der Waals surface area contributed by atoms with E-state index in [1.165, 1.54) is 25.1 Å². The summed E-state index contributed by atoms with van der Waals surface area (Å²) in [7, 11) is 2.89. The SMILES string of the molecule is COC1CNC2(CCOC2)N(C)C(=O)c2[nH]c1c(C(=O)NCc1ccc(F)cc1F)c(=O)c2O. The van der Waals surface area contributed by atoms with Crippen molar-refractivity contribution >= 4 is 11.8 Å². The number of benzene rings is 1. The minimum absolute atomic E-state index is 0.00331. The van der Waals surface area contributed by atoms with E-state index in [9.17, 15) is 28.3 Å². The highest BCUT2D eigenvalue weighted by molar-refractivity contribution is 5.99. The number of carbonyl (C=O) groups is 2. The van der Waals surface area contributed by atoms with Gasteiger partial charge in [-0.1, -0.05) is 6.07 Å². The Balaban J connectivity index is 1.74. The molecule has 2 bridgehead atoms.